The Hall–Kier alpha value is -1.86. The monoisotopic (exact) mass is 327 g/mol. The Morgan fingerprint density at radius 1 is 1.38 bits per heavy atom. The number of rotatable bonds is 3. The maximum atomic E-state index is 10.8. The topological polar surface area (TPSA) is 85.9 Å². The van der Waals surface area contributed by atoms with E-state index in [4.69, 9.17) is 23.2 Å². The normalized spacial score (nSPS) is 17.3. The lowest BCUT2D eigenvalue weighted by molar-refractivity contribution is -0.384. The van der Waals surface area contributed by atoms with E-state index < -0.39 is 4.92 Å². The maximum Gasteiger partial charge on any atom is 0.272 e. The van der Waals surface area contributed by atoms with Gasteiger partial charge in [-0.05, 0) is 6.42 Å². The number of non-ortho nitro benzene ring substituents is 1. The predicted molar refractivity (Wildman–Crippen MR) is 78.9 cm³/mol. The van der Waals surface area contributed by atoms with Crippen molar-refractivity contribution in [3.8, 4) is 0 Å². The number of anilines is 1. The van der Waals surface area contributed by atoms with E-state index in [1.807, 2.05) is 4.68 Å². The van der Waals surface area contributed by atoms with Crippen molar-refractivity contribution in [2.45, 2.75) is 25.4 Å². The summed E-state index contributed by atoms with van der Waals surface area (Å²) in [6, 6.07) is 2.68. The van der Waals surface area contributed by atoms with Crippen LogP contribution in [0.4, 0.5) is 11.4 Å². The molecule has 0 aliphatic carbocycles. The number of hydrogen-bond donors (Lipinski definition) is 1. The predicted octanol–water partition coefficient (Wildman–Crippen LogP) is 2.92. The van der Waals surface area contributed by atoms with Crippen molar-refractivity contribution < 1.29 is 4.92 Å². The Kier molecular flexibility index (Phi) is 3.69. The van der Waals surface area contributed by atoms with Crippen molar-refractivity contribution in [2.75, 3.05) is 5.32 Å². The molecule has 1 aliphatic rings. The second kappa shape index (κ2) is 5.50. The number of nitrogens with zero attached hydrogens (tertiary/aromatic N) is 4. The summed E-state index contributed by atoms with van der Waals surface area (Å²) in [5.41, 5.74) is 0.384. The Labute approximate surface area is 130 Å². The van der Waals surface area contributed by atoms with Crippen molar-refractivity contribution in [3.05, 3.63) is 44.4 Å². The largest absolute Gasteiger partial charge is 0.378 e. The first kappa shape index (κ1) is 14.1. The molecule has 0 saturated carbocycles. The molecule has 3 rings (SSSR count). The van der Waals surface area contributed by atoms with Crippen molar-refractivity contribution in [1.29, 1.82) is 0 Å². The van der Waals surface area contributed by atoms with Crippen LogP contribution in [0.25, 0.3) is 0 Å². The average molecular weight is 328 g/mol. The Balaban J connectivity index is 1.81. The van der Waals surface area contributed by atoms with Gasteiger partial charge in [-0.25, -0.2) is 9.67 Å². The molecule has 0 radical (unpaired) electrons. The first-order chi connectivity index (χ1) is 10.0. The molecular weight excluding hydrogens is 317 g/mol. The van der Waals surface area contributed by atoms with E-state index in [-0.39, 0.29) is 21.8 Å². The van der Waals surface area contributed by atoms with E-state index in [1.54, 1.807) is 0 Å². The molecule has 1 atom stereocenters. The summed E-state index contributed by atoms with van der Waals surface area (Å²) in [7, 11) is 0. The van der Waals surface area contributed by atoms with Gasteiger partial charge in [-0.2, -0.15) is 5.10 Å². The van der Waals surface area contributed by atoms with Crippen LogP contribution in [0.3, 0.4) is 0 Å². The second-order valence-corrected chi connectivity index (χ2v) is 5.59. The van der Waals surface area contributed by atoms with Crippen LogP contribution >= 0.6 is 23.2 Å². The summed E-state index contributed by atoms with van der Waals surface area (Å²) < 4.78 is 1.83. The minimum Gasteiger partial charge on any atom is -0.378 e. The molecule has 1 aliphatic heterocycles. The first-order valence-corrected chi connectivity index (χ1v) is 7.07. The summed E-state index contributed by atoms with van der Waals surface area (Å²) in [4.78, 5) is 14.4. The Morgan fingerprint density at radius 3 is 2.76 bits per heavy atom. The van der Waals surface area contributed by atoms with Crippen LogP contribution in [0.2, 0.25) is 10.0 Å². The number of nitro benzene ring substituents is 1. The number of benzene rings is 1. The van der Waals surface area contributed by atoms with Crippen LogP contribution in [0.15, 0.2) is 18.5 Å². The van der Waals surface area contributed by atoms with Gasteiger partial charge in [0.1, 0.15) is 12.2 Å². The van der Waals surface area contributed by atoms with Crippen molar-refractivity contribution >= 4 is 34.6 Å². The van der Waals surface area contributed by atoms with Crippen molar-refractivity contribution in [3.63, 3.8) is 0 Å². The van der Waals surface area contributed by atoms with Gasteiger partial charge < -0.3 is 5.32 Å². The number of fused-ring (bicyclic) bond motifs is 1. The van der Waals surface area contributed by atoms with Gasteiger partial charge in [-0.3, -0.25) is 10.1 Å². The van der Waals surface area contributed by atoms with Gasteiger partial charge in [0.2, 0.25) is 0 Å². The lowest BCUT2D eigenvalue weighted by atomic mass is 10.1. The maximum absolute atomic E-state index is 10.8. The molecule has 9 heteroatoms. The molecule has 0 spiro atoms. The lowest BCUT2D eigenvalue weighted by Crippen LogP contribution is -2.32. The molecule has 0 saturated heterocycles. The van der Waals surface area contributed by atoms with Gasteiger partial charge in [0, 0.05) is 24.6 Å². The highest BCUT2D eigenvalue weighted by atomic mass is 35.5. The smallest absolute Gasteiger partial charge is 0.272 e. The number of halogens is 2. The Morgan fingerprint density at radius 2 is 2.10 bits per heavy atom. The zero-order valence-corrected chi connectivity index (χ0v) is 12.3. The standard InChI is InChI=1S/C12H11Cl2N5O2/c13-9-3-8(19(20)21)4-10(14)12(9)17-7-1-2-11-15-6-16-18(11)5-7/h3-4,6-7,17H,1-2,5H2. The molecular formula is C12H11Cl2N5O2. The number of nitro groups is 1. The molecule has 0 bridgehead atoms. The lowest BCUT2D eigenvalue weighted by Gasteiger charge is -2.25. The SMILES string of the molecule is O=[N+]([O-])c1cc(Cl)c(NC2CCc3ncnn3C2)c(Cl)c1. The highest BCUT2D eigenvalue weighted by Crippen LogP contribution is 2.35. The minimum absolute atomic E-state index is 0.0932. The van der Waals surface area contributed by atoms with E-state index in [1.165, 1.54) is 18.5 Å². The molecule has 2 aromatic rings. The van der Waals surface area contributed by atoms with Crippen LogP contribution in [-0.4, -0.2) is 25.7 Å². The van der Waals surface area contributed by atoms with Gasteiger partial charge in [0.05, 0.1) is 27.2 Å². The number of hydrogen-bond acceptors (Lipinski definition) is 5. The van der Waals surface area contributed by atoms with E-state index in [0.29, 0.717) is 12.2 Å². The third-order valence-corrected chi connectivity index (χ3v) is 3.99. The van der Waals surface area contributed by atoms with Crippen LogP contribution in [0.5, 0.6) is 0 Å². The summed E-state index contributed by atoms with van der Waals surface area (Å²) in [6.07, 6.45) is 3.20. The summed E-state index contributed by atoms with van der Waals surface area (Å²) in [6.45, 7) is 0.652. The fourth-order valence-corrected chi connectivity index (χ4v) is 2.95. The molecule has 1 aromatic heterocycles. The highest BCUT2D eigenvalue weighted by Gasteiger charge is 2.22. The number of aromatic nitrogens is 3. The van der Waals surface area contributed by atoms with Gasteiger partial charge in [-0.1, -0.05) is 23.2 Å². The molecule has 1 aromatic carbocycles. The van der Waals surface area contributed by atoms with E-state index in [9.17, 15) is 10.1 Å². The molecule has 0 fully saturated rings. The van der Waals surface area contributed by atoms with Crippen molar-refractivity contribution in [1.82, 2.24) is 14.8 Å². The van der Waals surface area contributed by atoms with Crippen molar-refractivity contribution in [2.24, 2.45) is 0 Å². The van der Waals surface area contributed by atoms with E-state index in [2.05, 4.69) is 15.4 Å². The fraction of sp³-hybridized carbons (Fsp3) is 0.333. The number of aryl methyl sites for hydroxylation is 1. The average Bonchev–Trinajstić information content (AvgIpc) is 2.90. The fourth-order valence-electron chi connectivity index (χ4n) is 2.36. The van der Waals surface area contributed by atoms with Gasteiger partial charge in [-0.15, -0.1) is 0 Å². The molecule has 0 amide bonds. The summed E-state index contributed by atoms with van der Waals surface area (Å²) in [5.74, 6) is 0.953. The summed E-state index contributed by atoms with van der Waals surface area (Å²) >= 11 is 12.2. The third-order valence-electron chi connectivity index (χ3n) is 3.39. The third kappa shape index (κ3) is 2.79. The molecule has 2 heterocycles. The van der Waals surface area contributed by atoms with Gasteiger partial charge >= 0.3 is 0 Å². The molecule has 1 N–H and O–H groups in total. The number of nitrogens with one attached hydrogen (secondary N) is 1. The van der Waals surface area contributed by atoms with Gasteiger partial charge in [0.25, 0.3) is 5.69 Å². The molecule has 1 unspecified atom stereocenters. The quantitative estimate of drug-likeness (QED) is 0.691. The van der Waals surface area contributed by atoms with Crippen LogP contribution in [-0.2, 0) is 13.0 Å². The Bertz CT molecular complexity index is 680. The second-order valence-electron chi connectivity index (χ2n) is 4.78. The summed E-state index contributed by atoms with van der Waals surface area (Å²) in [5, 5.41) is 18.6. The van der Waals surface area contributed by atoms with Crippen LogP contribution < -0.4 is 5.32 Å². The zero-order chi connectivity index (χ0) is 15.0. The first-order valence-electron chi connectivity index (χ1n) is 6.31. The molecule has 110 valence electrons. The van der Waals surface area contributed by atoms with E-state index >= 15 is 0 Å². The van der Waals surface area contributed by atoms with E-state index in [0.717, 1.165) is 18.7 Å². The van der Waals surface area contributed by atoms with Gasteiger partial charge in [0.15, 0.2) is 0 Å². The minimum atomic E-state index is -0.524. The van der Waals surface area contributed by atoms with Crippen LogP contribution in [0, 0.1) is 10.1 Å². The molecule has 21 heavy (non-hydrogen) atoms. The molecule has 7 nitrogen and oxygen atoms in total. The van der Waals surface area contributed by atoms with Crippen LogP contribution in [0.1, 0.15) is 12.2 Å². The highest BCUT2D eigenvalue weighted by molar-refractivity contribution is 6.39. The zero-order valence-electron chi connectivity index (χ0n) is 10.8.